The maximum absolute atomic E-state index is 12.9. The second-order valence-corrected chi connectivity index (χ2v) is 7.90. The lowest BCUT2D eigenvalue weighted by molar-refractivity contribution is -0.133. The van der Waals surface area contributed by atoms with Gasteiger partial charge in [-0.05, 0) is 18.1 Å². The summed E-state index contributed by atoms with van der Waals surface area (Å²) in [5.41, 5.74) is 3.27. The number of imide groups is 1. The van der Waals surface area contributed by atoms with Crippen molar-refractivity contribution in [3.63, 3.8) is 0 Å². The molecule has 0 aromatic heterocycles. The number of piperazine rings is 1. The van der Waals surface area contributed by atoms with Crippen molar-refractivity contribution in [2.24, 2.45) is 0 Å². The van der Waals surface area contributed by atoms with E-state index in [1.54, 1.807) is 4.90 Å². The second-order valence-electron chi connectivity index (χ2n) is 7.90. The zero-order chi connectivity index (χ0) is 21.1. The molecule has 0 bridgehead atoms. The number of carbonyl (C=O) groups excluding carboxylic acids is 3. The first kappa shape index (κ1) is 20.1. The van der Waals surface area contributed by atoms with Crippen LogP contribution in [0.3, 0.4) is 0 Å². The monoisotopic (exact) mass is 406 g/mol. The number of carbonyl (C=O) groups is 3. The Morgan fingerprint density at radius 3 is 2.57 bits per heavy atom. The van der Waals surface area contributed by atoms with Crippen LogP contribution < -0.4 is 5.32 Å². The highest BCUT2D eigenvalue weighted by molar-refractivity contribution is 6.06. The van der Waals surface area contributed by atoms with E-state index < -0.39 is 6.04 Å². The molecular formula is C23H26N4O3. The smallest absolute Gasteiger partial charge is 0.328 e. The Balaban J connectivity index is 1.33. The number of hydrogen-bond donors (Lipinski definition) is 1. The topological polar surface area (TPSA) is 73.0 Å². The standard InChI is InChI=1S/C23H26N4O3/c1-17-6-5-9-19(12-17)13-24-21(28)16-27-22(29)20-15-25(10-11-26(20)23(27)30)14-18-7-3-2-4-8-18/h2-9,12,20H,10-11,13-16H2,1H3,(H,24,28). The van der Waals surface area contributed by atoms with Gasteiger partial charge in [-0.3, -0.25) is 19.4 Å². The Kier molecular flexibility index (Phi) is 5.81. The first-order valence-corrected chi connectivity index (χ1v) is 10.2. The number of amides is 4. The molecule has 0 aliphatic carbocycles. The van der Waals surface area contributed by atoms with Crippen LogP contribution in [0.25, 0.3) is 0 Å². The van der Waals surface area contributed by atoms with Gasteiger partial charge in [0.25, 0.3) is 5.91 Å². The van der Waals surface area contributed by atoms with E-state index in [-0.39, 0.29) is 24.4 Å². The lowest BCUT2D eigenvalue weighted by Gasteiger charge is -2.35. The van der Waals surface area contributed by atoms with E-state index in [1.807, 2.05) is 49.4 Å². The van der Waals surface area contributed by atoms with E-state index in [1.165, 1.54) is 5.56 Å². The molecule has 1 N–H and O–H groups in total. The first-order chi connectivity index (χ1) is 14.5. The van der Waals surface area contributed by atoms with E-state index in [2.05, 4.69) is 22.3 Å². The van der Waals surface area contributed by atoms with Gasteiger partial charge in [-0.15, -0.1) is 0 Å². The van der Waals surface area contributed by atoms with E-state index in [0.717, 1.165) is 22.6 Å². The molecule has 4 rings (SSSR count). The van der Waals surface area contributed by atoms with Crippen molar-refractivity contribution < 1.29 is 14.4 Å². The van der Waals surface area contributed by atoms with E-state index in [0.29, 0.717) is 26.2 Å². The van der Waals surface area contributed by atoms with Gasteiger partial charge in [0, 0.05) is 32.7 Å². The summed E-state index contributed by atoms with van der Waals surface area (Å²) in [6.45, 7) is 4.54. The quantitative estimate of drug-likeness (QED) is 0.742. The van der Waals surface area contributed by atoms with Gasteiger partial charge in [0.1, 0.15) is 12.6 Å². The number of benzene rings is 2. The van der Waals surface area contributed by atoms with Crippen LogP contribution >= 0.6 is 0 Å². The van der Waals surface area contributed by atoms with Crippen molar-refractivity contribution in [1.29, 1.82) is 0 Å². The molecule has 2 aromatic carbocycles. The summed E-state index contributed by atoms with van der Waals surface area (Å²) in [6.07, 6.45) is 0. The SMILES string of the molecule is Cc1cccc(CNC(=O)CN2C(=O)C3CN(Cc4ccccc4)CCN3C2=O)c1. The Morgan fingerprint density at radius 1 is 1.03 bits per heavy atom. The van der Waals surface area contributed by atoms with Gasteiger partial charge in [-0.25, -0.2) is 4.79 Å². The van der Waals surface area contributed by atoms with Crippen LogP contribution in [0.2, 0.25) is 0 Å². The van der Waals surface area contributed by atoms with Gasteiger partial charge in [0.15, 0.2) is 0 Å². The third-order valence-corrected chi connectivity index (χ3v) is 5.62. The van der Waals surface area contributed by atoms with Crippen LogP contribution in [-0.2, 0) is 22.7 Å². The van der Waals surface area contributed by atoms with Crippen LogP contribution in [0.4, 0.5) is 4.79 Å². The van der Waals surface area contributed by atoms with E-state index in [9.17, 15) is 14.4 Å². The fourth-order valence-electron chi connectivity index (χ4n) is 4.06. The number of urea groups is 1. The Labute approximate surface area is 176 Å². The van der Waals surface area contributed by atoms with Crippen LogP contribution in [-0.4, -0.2) is 64.8 Å². The molecule has 0 saturated carbocycles. The highest BCUT2D eigenvalue weighted by atomic mass is 16.2. The van der Waals surface area contributed by atoms with Crippen molar-refractivity contribution >= 4 is 17.8 Å². The molecular weight excluding hydrogens is 380 g/mol. The van der Waals surface area contributed by atoms with Crippen LogP contribution in [0.1, 0.15) is 16.7 Å². The summed E-state index contributed by atoms with van der Waals surface area (Å²) >= 11 is 0. The summed E-state index contributed by atoms with van der Waals surface area (Å²) in [4.78, 5) is 42.8. The van der Waals surface area contributed by atoms with Gasteiger partial charge in [-0.1, -0.05) is 60.2 Å². The summed E-state index contributed by atoms with van der Waals surface area (Å²) in [6, 6.07) is 17.0. The van der Waals surface area contributed by atoms with Crippen molar-refractivity contribution in [3.05, 3.63) is 71.3 Å². The molecule has 0 radical (unpaired) electrons. The summed E-state index contributed by atoms with van der Waals surface area (Å²) in [5.74, 6) is -0.623. The van der Waals surface area contributed by atoms with E-state index >= 15 is 0 Å². The predicted molar refractivity (Wildman–Crippen MR) is 112 cm³/mol. The van der Waals surface area contributed by atoms with Crippen molar-refractivity contribution in [2.75, 3.05) is 26.2 Å². The van der Waals surface area contributed by atoms with Gasteiger partial charge in [0.05, 0.1) is 0 Å². The average molecular weight is 406 g/mol. The lowest BCUT2D eigenvalue weighted by Crippen LogP contribution is -2.52. The van der Waals surface area contributed by atoms with Crippen molar-refractivity contribution in [1.82, 2.24) is 20.0 Å². The molecule has 30 heavy (non-hydrogen) atoms. The average Bonchev–Trinajstić information content (AvgIpc) is 2.97. The van der Waals surface area contributed by atoms with Gasteiger partial charge in [-0.2, -0.15) is 0 Å². The van der Waals surface area contributed by atoms with Gasteiger partial charge >= 0.3 is 6.03 Å². The molecule has 2 aromatic rings. The highest BCUT2D eigenvalue weighted by Crippen LogP contribution is 2.23. The van der Waals surface area contributed by atoms with Crippen LogP contribution in [0.5, 0.6) is 0 Å². The Morgan fingerprint density at radius 2 is 1.80 bits per heavy atom. The molecule has 0 spiro atoms. The summed E-state index contributed by atoms with van der Waals surface area (Å²) < 4.78 is 0. The molecule has 2 aliphatic heterocycles. The fraction of sp³-hybridized carbons (Fsp3) is 0.348. The molecule has 1 atom stereocenters. The zero-order valence-electron chi connectivity index (χ0n) is 17.1. The second kappa shape index (κ2) is 8.67. The highest BCUT2D eigenvalue weighted by Gasteiger charge is 2.47. The largest absolute Gasteiger partial charge is 0.350 e. The Hall–Kier alpha value is -3.19. The number of rotatable bonds is 6. The fourth-order valence-corrected chi connectivity index (χ4v) is 4.06. The molecule has 2 fully saturated rings. The number of nitrogens with one attached hydrogen (secondary N) is 1. The third kappa shape index (κ3) is 4.36. The van der Waals surface area contributed by atoms with Crippen molar-refractivity contribution in [2.45, 2.75) is 26.1 Å². The normalized spacial score (nSPS) is 19.2. The first-order valence-electron chi connectivity index (χ1n) is 10.2. The van der Waals surface area contributed by atoms with Gasteiger partial charge in [0.2, 0.25) is 5.91 Å². The molecule has 2 aliphatic rings. The van der Waals surface area contributed by atoms with E-state index in [4.69, 9.17) is 0 Å². The maximum Gasteiger partial charge on any atom is 0.328 e. The van der Waals surface area contributed by atoms with Crippen LogP contribution in [0, 0.1) is 6.92 Å². The van der Waals surface area contributed by atoms with Crippen LogP contribution in [0.15, 0.2) is 54.6 Å². The predicted octanol–water partition coefficient (Wildman–Crippen LogP) is 1.76. The molecule has 4 amide bonds. The minimum absolute atomic E-state index is 0.241. The van der Waals surface area contributed by atoms with Crippen molar-refractivity contribution in [3.8, 4) is 0 Å². The number of aryl methyl sites for hydroxylation is 1. The summed E-state index contributed by atoms with van der Waals surface area (Å²) in [7, 11) is 0. The molecule has 1 unspecified atom stereocenters. The lowest BCUT2D eigenvalue weighted by atomic mass is 10.1. The molecule has 2 saturated heterocycles. The number of hydrogen-bond acceptors (Lipinski definition) is 4. The van der Waals surface area contributed by atoms with Gasteiger partial charge < -0.3 is 10.2 Å². The Bertz CT molecular complexity index is 946. The number of fused-ring (bicyclic) bond motifs is 1. The molecule has 2 heterocycles. The maximum atomic E-state index is 12.9. The molecule has 156 valence electrons. The minimum atomic E-state index is -0.514. The number of nitrogens with zero attached hydrogens (tertiary/aromatic N) is 3. The zero-order valence-corrected chi connectivity index (χ0v) is 17.1. The minimum Gasteiger partial charge on any atom is -0.350 e. The molecule has 7 nitrogen and oxygen atoms in total. The molecule has 7 heteroatoms. The summed E-state index contributed by atoms with van der Waals surface area (Å²) in [5, 5.41) is 2.80. The third-order valence-electron chi connectivity index (χ3n) is 5.62.